The quantitative estimate of drug-likeness (QED) is 0.619. The molecule has 0 aromatic carbocycles. The van der Waals surface area contributed by atoms with Crippen LogP contribution in [0.15, 0.2) is 29.3 Å². The molecule has 1 saturated carbocycles. The van der Waals surface area contributed by atoms with Crippen molar-refractivity contribution in [3.8, 4) is 11.6 Å². The molecule has 2 N–H and O–H groups in total. The largest absolute Gasteiger partial charge is 0.481 e. The molecule has 36 heavy (non-hydrogen) atoms. The van der Waals surface area contributed by atoms with E-state index >= 15 is 0 Å². The van der Waals surface area contributed by atoms with Crippen LogP contribution in [0, 0.1) is 0 Å². The number of nitrogens with one attached hydrogen (secondary N) is 2. The monoisotopic (exact) mass is 493 g/mol. The van der Waals surface area contributed by atoms with E-state index in [1.807, 2.05) is 18.3 Å². The van der Waals surface area contributed by atoms with Crippen molar-refractivity contribution in [2.75, 3.05) is 48.5 Å². The molecule has 2 amide bonds. The second kappa shape index (κ2) is 9.26. The van der Waals surface area contributed by atoms with Crippen molar-refractivity contribution in [1.82, 2.24) is 15.3 Å². The minimum absolute atomic E-state index is 0.0402. The number of nitrogens with zero attached hydrogens (tertiary/aromatic N) is 5. The van der Waals surface area contributed by atoms with Crippen molar-refractivity contribution in [1.29, 1.82) is 0 Å². The summed E-state index contributed by atoms with van der Waals surface area (Å²) in [6.45, 7) is 2.18. The molecule has 0 bridgehead atoms. The molecule has 3 atom stereocenters. The number of carbonyl (C=O) groups is 2. The topological polar surface area (TPSA) is 131 Å². The van der Waals surface area contributed by atoms with Crippen LogP contribution >= 0.6 is 0 Å². The fourth-order valence-corrected chi connectivity index (χ4v) is 5.19. The molecule has 0 radical (unpaired) electrons. The van der Waals surface area contributed by atoms with Gasteiger partial charge in [-0.3, -0.25) is 14.7 Å². The summed E-state index contributed by atoms with van der Waals surface area (Å²) in [7, 11) is 1.61. The first-order valence-electron chi connectivity index (χ1n) is 12.1. The fourth-order valence-electron chi connectivity index (χ4n) is 5.19. The number of fused-ring (bicyclic) bond motifs is 3. The summed E-state index contributed by atoms with van der Waals surface area (Å²) >= 11 is 0. The lowest BCUT2D eigenvalue weighted by molar-refractivity contribution is -0.118. The Morgan fingerprint density at radius 3 is 3.00 bits per heavy atom. The number of aliphatic imine (C=N–C) groups is 1. The summed E-state index contributed by atoms with van der Waals surface area (Å²) in [4.78, 5) is 41.6. The Labute approximate surface area is 207 Å². The number of amides is 2. The average Bonchev–Trinajstić information content (AvgIpc) is 3.23. The molecule has 5 heterocycles. The highest BCUT2D eigenvalue weighted by Gasteiger charge is 2.46. The minimum Gasteiger partial charge on any atom is -0.481 e. The van der Waals surface area contributed by atoms with Gasteiger partial charge in [0.15, 0.2) is 24.0 Å². The predicted octanol–water partition coefficient (Wildman–Crippen LogP) is 1.87. The molecule has 1 saturated heterocycles. The van der Waals surface area contributed by atoms with Gasteiger partial charge >= 0.3 is 6.09 Å². The zero-order valence-electron chi connectivity index (χ0n) is 19.8. The Morgan fingerprint density at radius 2 is 2.11 bits per heavy atom. The Bertz CT molecular complexity index is 1220. The molecule has 3 aliphatic heterocycles. The number of methoxy groups -OCH3 is 1. The van der Waals surface area contributed by atoms with Crippen LogP contribution in [0.4, 0.5) is 27.9 Å². The lowest BCUT2D eigenvalue weighted by Crippen LogP contribution is -2.47. The van der Waals surface area contributed by atoms with Gasteiger partial charge in [-0.05, 0) is 31.0 Å². The Morgan fingerprint density at radius 1 is 1.19 bits per heavy atom. The Balaban J connectivity index is 1.06. The summed E-state index contributed by atoms with van der Waals surface area (Å²) < 4.78 is 16.4. The SMILES string of the molecule is COc1ccc2c(n1)N(CCN[C@H]1CC[C@@H]3[C@@H](C1)OC(=O)N3c1ccc3c(n1)NC(=O)CO3)CC=N2. The van der Waals surface area contributed by atoms with Crippen LogP contribution < -0.4 is 29.9 Å². The van der Waals surface area contributed by atoms with Crippen LogP contribution in [-0.4, -0.2) is 79.7 Å². The van der Waals surface area contributed by atoms with Gasteiger partial charge < -0.3 is 29.7 Å². The number of hydrogen-bond donors (Lipinski definition) is 2. The normalized spacial score (nSPS) is 24.3. The van der Waals surface area contributed by atoms with E-state index in [-0.39, 0.29) is 30.7 Å². The van der Waals surface area contributed by atoms with Gasteiger partial charge in [-0.1, -0.05) is 0 Å². The molecule has 0 unspecified atom stereocenters. The van der Waals surface area contributed by atoms with Crippen LogP contribution in [0.1, 0.15) is 19.3 Å². The third kappa shape index (κ3) is 4.17. The van der Waals surface area contributed by atoms with Gasteiger partial charge in [0, 0.05) is 37.8 Å². The number of pyridine rings is 2. The highest BCUT2D eigenvalue weighted by atomic mass is 16.6. The number of ether oxygens (including phenoxy) is 3. The second-order valence-corrected chi connectivity index (χ2v) is 9.13. The molecule has 4 aliphatic rings. The summed E-state index contributed by atoms with van der Waals surface area (Å²) in [6, 6.07) is 7.32. The van der Waals surface area contributed by atoms with Crippen LogP contribution in [-0.2, 0) is 9.53 Å². The summed E-state index contributed by atoms with van der Waals surface area (Å²) in [5.41, 5.74) is 0.836. The summed E-state index contributed by atoms with van der Waals surface area (Å²) in [6.07, 6.45) is 3.67. The number of aromatic nitrogens is 2. The van der Waals surface area contributed by atoms with E-state index in [2.05, 4.69) is 30.5 Å². The number of carbonyl (C=O) groups excluding carboxylic acids is 2. The van der Waals surface area contributed by atoms with Crippen molar-refractivity contribution in [3.05, 3.63) is 24.3 Å². The fraction of sp³-hybridized carbons (Fsp3) is 0.458. The minimum atomic E-state index is -0.412. The maximum absolute atomic E-state index is 12.8. The predicted molar refractivity (Wildman–Crippen MR) is 132 cm³/mol. The van der Waals surface area contributed by atoms with Gasteiger partial charge in [0.1, 0.15) is 17.6 Å². The molecule has 2 aromatic rings. The standard InChI is InChI=1S/C24H27N7O5/c1-34-21-7-3-15-23(29-21)30(11-9-26-15)10-8-25-14-2-4-16-18(12-14)36-24(33)31(16)19-6-5-17-22(27-19)28-20(32)13-35-17/h3,5-7,9,14,16,18,25H,2,4,8,10-13H2,1H3,(H,27,28,32)/t14-,16+,18+/m0/s1. The van der Waals surface area contributed by atoms with Crippen molar-refractivity contribution < 1.29 is 23.8 Å². The van der Waals surface area contributed by atoms with Gasteiger partial charge in [-0.2, -0.15) is 4.98 Å². The maximum atomic E-state index is 12.8. The van der Waals surface area contributed by atoms with Gasteiger partial charge in [-0.25, -0.2) is 9.78 Å². The van der Waals surface area contributed by atoms with E-state index in [0.717, 1.165) is 43.9 Å². The average molecular weight is 494 g/mol. The van der Waals surface area contributed by atoms with Gasteiger partial charge in [0.2, 0.25) is 5.88 Å². The van der Waals surface area contributed by atoms with E-state index in [9.17, 15) is 9.59 Å². The Kier molecular flexibility index (Phi) is 5.80. The molecular weight excluding hydrogens is 466 g/mol. The lowest BCUT2D eigenvalue weighted by Gasteiger charge is -2.34. The zero-order valence-corrected chi connectivity index (χ0v) is 19.8. The van der Waals surface area contributed by atoms with Crippen LogP contribution in [0.25, 0.3) is 0 Å². The first-order valence-corrected chi connectivity index (χ1v) is 12.1. The second-order valence-electron chi connectivity index (χ2n) is 9.13. The number of rotatable bonds is 6. The highest BCUT2D eigenvalue weighted by molar-refractivity contribution is 5.95. The molecular formula is C24H27N7O5. The van der Waals surface area contributed by atoms with Crippen molar-refractivity contribution in [2.45, 2.75) is 37.5 Å². The maximum Gasteiger partial charge on any atom is 0.416 e. The first-order chi connectivity index (χ1) is 17.6. The van der Waals surface area contributed by atoms with E-state index in [1.165, 1.54) is 0 Å². The first kappa shape index (κ1) is 22.5. The van der Waals surface area contributed by atoms with Gasteiger partial charge in [-0.15, -0.1) is 0 Å². The molecule has 188 valence electrons. The molecule has 1 aliphatic carbocycles. The van der Waals surface area contributed by atoms with Crippen molar-refractivity contribution in [2.24, 2.45) is 4.99 Å². The highest BCUT2D eigenvalue weighted by Crippen LogP contribution is 2.37. The summed E-state index contributed by atoms with van der Waals surface area (Å²) in [5, 5.41) is 6.31. The third-order valence-electron chi connectivity index (χ3n) is 6.93. The van der Waals surface area contributed by atoms with Crippen molar-refractivity contribution >= 4 is 41.4 Å². The third-order valence-corrected chi connectivity index (χ3v) is 6.93. The van der Waals surface area contributed by atoms with E-state index < -0.39 is 6.09 Å². The molecule has 6 rings (SSSR count). The van der Waals surface area contributed by atoms with E-state index in [0.29, 0.717) is 29.8 Å². The van der Waals surface area contributed by atoms with Gasteiger partial charge in [0.05, 0.1) is 19.7 Å². The Hall–Kier alpha value is -3.93. The van der Waals surface area contributed by atoms with Crippen LogP contribution in [0.5, 0.6) is 11.6 Å². The lowest BCUT2D eigenvalue weighted by atomic mass is 9.88. The zero-order chi connectivity index (χ0) is 24.6. The van der Waals surface area contributed by atoms with E-state index in [1.54, 1.807) is 24.1 Å². The smallest absolute Gasteiger partial charge is 0.416 e. The molecule has 12 nitrogen and oxygen atoms in total. The molecule has 0 spiro atoms. The van der Waals surface area contributed by atoms with Crippen LogP contribution in [0.2, 0.25) is 0 Å². The van der Waals surface area contributed by atoms with E-state index in [4.69, 9.17) is 14.2 Å². The summed E-state index contributed by atoms with van der Waals surface area (Å²) in [5.74, 6) is 2.39. The number of anilines is 3. The molecule has 2 fully saturated rings. The molecule has 2 aromatic heterocycles. The van der Waals surface area contributed by atoms with Crippen LogP contribution in [0.3, 0.4) is 0 Å². The molecule has 12 heteroatoms. The van der Waals surface area contributed by atoms with Crippen molar-refractivity contribution in [3.63, 3.8) is 0 Å². The van der Waals surface area contributed by atoms with Gasteiger partial charge in [0.25, 0.3) is 5.91 Å². The number of hydrogen-bond acceptors (Lipinski definition) is 10.